The molecule has 0 spiro atoms. The minimum absolute atomic E-state index is 0.0266. The number of aryl methyl sites for hydroxylation is 4. The smallest absolute Gasteiger partial charge is 0.264 e. The maximum atomic E-state index is 14.1. The Morgan fingerprint density at radius 1 is 0.317 bits per heavy atom. The van der Waals surface area contributed by atoms with Gasteiger partial charge in [0.25, 0.3) is 29.5 Å². The largest absolute Gasteiger partial charge is 0.507 e. The fourth-order valence-electron chi connectivity index (χ4n) is 18.3. The zero-order valence-corrected chi connectivity index (χ0v) is 79.8. The summed E-state index contributed by atoms with van der Waals surface area (Å²) in [6.45, 7) is 8.70. The van der Waals surface area contributed by atoms with Crippen molar-refractivity contribution in [1.29, 1.82) is 0 Å². The average Bonchev–Trinajstić information content (AvgIpc) is 1.60. The Kier molecular flexibility index (Phi) is 29.2. The number of nitrogens with zero attached hydrogens (tertiary/aromatic N) is 5. The van der Waals surface area contributed by atoms with Crippen LogP contribution in [0.1, 0.15) is 161 Å². The van der Waals surface area contributed by atoms with Gasteiger partial charge in [-0.05, 0) is 164 Å². The first-order chi connectivity index (χ1) is 68.1. The predicted octanol–water partition coefficient (Wildman–Crippen LogP) is 19.8. The SMILES string of the molecule is Cc1ccc(C(=O)C[C@@]2(O)C(=O)N(Cc3ccccc3C)c3ccccc32)o1.Cc1ccc(C(=O)C[C@@]2(O)C(=O)N(Cc3ccccc3C)c3ccccc32)s1.O=C(C[C@@]1(O)C(=O)N(Cc2ccc(F)cc2)c2ccccc21)c1ccccc1O.O=C(C[C@@]1(O)C(=O)N(Cc2ccccc2Br)c2ccccc21)c1ccccc1.O=C(C[C@@]1(O)C(=O)N(Cc2ccccc2F)c2ccccc21)c1ccccc1O. The van der Waals surface area contributed by atoms with Crippen molar-refractivity contribution in [3.8, 4) is 11.5 Å². The number of Topliss-reactive ketones (excluding diaryl/α,β-unsaturated/α-hetero) is 5. The second-order valence-corrected chi connectivity index (χ2v) is 37.4. The van der Waals surface area contributed by atoms with Gasteiger partial charge in [0.1, 0.15) is 28.9 Å². The summed E-state index contributed by atoms with van der Waals surface area (Å²) in [5.41, 5.74) is 1.70. The molecule has 0 aliphatic carbocycles. The van der Waals surface area contributed by atoms with Crippen LogP contribution in [0, 0.1) is 39.3 Å². The lowest BCUT2D eigenvalue weighted by molar-refractivity contribution is -0.136. The molecule has 0 saturated carbocycles. The van der Waals surface area contributed by atoms with E-state index in [9.17, 15) is 92.5 Å². The Morgan fingerprint density at radius 2 is 0.641 bits per heavy atom. The van der Waals surface area contributed by atoms with Crippen LogP contribution in [0.4, 0.5) is 37.2 Å². The van der Waals surface area contributed by atoms with Crippen LogP contribution in [0.25, 0.3) is 0 Å². The van der Waals surface area contributed by atoms with Crippen LogP contribution in [0.2, 0.25) is 0 Å². The lowest BCUT2D eigenvalue weighted by atomic mass is 9.88. The van der Waals surface area contributed by atoms with Gasteiger partial charge in [0, 0.05) is 48.3 Å². The van der Waals surface area contributed by atoms with E-state index in [0.717, 1.165) is 37.2 Å². The standard InChI is InChI=1S/C23H18BrNO3.2C23H18FNO4.C23H21NO4.C23H21NO3S/c24-19-12-6-4-10-17(19)15-25-20-13-7-5-11-18(20)23(28,22(25)27)14-21(26)16-8-2-1-3-9-16;24-18-10-4-1-7-15(18)14-25-19-11-5-3-9-17(19)23(29,22(25)28)13-21(27)16-8-2-6-12-20(16)26;24-16-11-9-15(10-12-16)14-25-19-7-3-2-6-18(19)23(29,22(25)28)13-21(27)17-5-1-4-8-20(17)26;2*1-15-7-3-4-8-17(15)14-24-19-10-6-5-9-18(19)23(27,22(24)26)13-20(25)21-12-11-16(2)28-21/h1-13,28H,14-15H2;2*1-12,26,29H,13-14H2;2*3-12,27H,13-14H2,1-2H3/t5*23-/m00000/s1. The van der Waals surface area contributed by atoms with Crippen LogP contribution >= 0.6 is 27.3 Å². The highest BCUT2D eigenvalue weighted by atomic mass is 79.9. The minimum atomic E-state index is -2.10. The summed E-state index contributed by atoms with van der Waals surface area (Å²) in [6.07, 6.45) is -1.94. The molecule has 0 unspecified atom stereocenters. The highest BCUT2D eigenvalue weighted by molar-refractivity contribution is 9.10. The number of aromatic hydroxyl groups is 2. The number of rotatable bonds is 25. The van der Waals surface area contributed by atoms with Gasteiger partial charge in [0.15, 0.2) is 56.9 Å². The van der Waals surface area contributed by atoms with Crippen molar-refractivity contribution in [2.45, 2.75) is 121 Å². The lowest BCUT2D eigenvalue weighted by Crippen LogP contribution is -2.41. The Bertz CT molecular complexity index is 7250. The molecule has 13 aromatic carbocycles. The molecule has 2 aromatic heterocycles. The fourth-order valence-corrected chi connectivity index (χ4v) is 19.5. The maximum absolute atomic E-state index is 14.1. The first kappa shape index (κ1) is 99.3. The number of carbonyl (C=O) groups excluding carboxylic acids is 10. The number of amides is 5. The van der Waals surface area contributed by atoms with Crippen molar-refractivity contribution in [1.82, 2.24) is 0 Å². The number of anilines is 5. The fraction of sp³-hybridized carbons (Fsp3) is 0.165. The first-order valence-electron chi connectivity index (χ1n) is 45.5. The lowest BCUT2D eigenvalue weighted by Gasteiger charge is -2.23. The molecular formula is C115H96BrF2N5O18S. The van der Waals surface area contributed by atoms with E-state index >= 15 is 0 Å². The Hall–Kier alpha value is -15.7. The van der Waals surface area contributed by atoms with Gasteiger partial charge in [0.2, 0.25) is 5.78 Å². The molecule has 27 heteroatoms. The molecular weight excluding hydrogens is 1890 g/mol. The van der Waals surface area contributed by atoms with E-state index in [-0.39, 0.29) is 83.7 Å². The summed E-state index contributed by atoms with van der Waals surface area (Å²) >= 11 is 4.89. The average molecular weight is 1990 g/mol. The van der Waals surface area contributed by atoms with E-state index in [1.165, 1.54) is 63.6 Å². The highest BCUT2D eigenvalue weighted by Gasteiger charge is 2.56. The molecule has 7 N–H and O–H groups in total. The number of benzene rings is 13. The molecule has 23 nitrogen and oxygen atoms in total. The summed E-state index contributed by atoms with van der Waals surface area (Å²) in [6, 6.07) is 97.4. The number of hydrogen-bond donors (Lipinski definition) is 7. The number of halogens is 3. The number of hydrogen-bond acceptors (Lipinski definition) is 19. The molecule has 5 atom stereocenters. The summed E-state index contributed by atoms with van der Waals surface area (Å²) < 4.78 is 33.6. The molecule has 5 aliphatic rings. The van der Waals surface area contributed by atoms with Crippen LogP contribution in [-0.4, -0.2) is 94.2 Å². The normalized spacial score (nSPS) is 18.2. The third-order valence-corrected chi connectivity index (χ3v) is 27.6. The van der Waals surface area contributed by atoms with Crippen LogP contribution in [0.5, 0.6) is 11.5 Å². The van der Waals surface area contributed by atoms with Crippen molar-refractivity contribution in [2.75, 3.05) is 24.5 Å². The van der Waals surface area contributed by atoms with Crippen molar-refractivity contribution in [3.05, 3.63) is 467 Å². The molecule has 5 amide bonds. The molecule has 0 fully saturated rings. The Balaban J connectivity index is 0.000000128. The van der Waals surface area contributed by atoms with Crippen molar-refractivity contribution < 1.29 is 96.9 Å². The van der Waals surface area contributed by atoms with Crippen molar-refractivity contribution in [2.24, 2.45) is 0 Å². The molecule has 20 rings (SSSR count). The Labute approximate surface area is 828 Å². The second kappa shape index (κ2) is 41.8. The third-order valence-electron chi connectivity index (χ3n) is 25.8. The second-order valence-electron chi connectivity index (χ2n) is 35.2. The maximum Gasteiger partial charge on any atom is 0.264 e. The number of ketones is 5. The number of para-hydroxylation sites is 7. The molecule has 0 radical (unpaired) electrons. The number of thiophene rings is 1. The summed E-state index contributed by atoms with van der Waals surface area (Å²) in [4.78, 5) is 139. The topological polar surface area (TPSA) is 342 Å². The third kappa shape index (κ3) is 20.1. The van der Waals surface area contributed by atoms with E-state index in [4.69, 9.17) is 4.42 Å². The van der Waals surface area contributed by atoms with Gasteiger partial charge in [-0.2, -0.15) is 0 Å². The van der Waals surface area contributed by atoms with Crippen LogP contribution in [0.15, 0.2) is 355 Å². The van der Waals surface area contributed by atoms with Gasteiger partial charge in [0.05, 0.1) is 109 Å². The number of carbonyl (C=O) groups is 10. The van der Waals surface area contributed by atoms with Gasteiger partial charge in [-0.15, -0.1) is 11.3 Å². The quantitative estimate of drug-likeness (QED) is 0.0261. The summed E-state index contributed by atoms with van der Waals surface area (Å²) in [5, 5.41) is 76.4. The van der Waals surface area contributed by atoms with Crippen LogP contribution in [0.3, 0.4) is 0 Å². The molecule has 5 aliphatic heterocycles. The van der Waals surface area contributed by atoms with Crippen molar-refractivity contribution >= 4 is 114 Å². The van der Waals surface area contributed by atoms with Gasteiger partial charge < -0.3 is 64.7 Å². The molecule has 0 bridgehead atoms. The monoisotopic (exact) mass is 1980 g/mol. The summed E-state index contributed by atoms with van der Waals surface area (Å²) in [7, 11) is 0. The van der Waals surface area contributed by atoms with E-state index in [2.05, 4.69) is 15.9 Å². The van der Waals surface area contributed by atoms with E-state index in [1.54, 1.807) is 216 Å². The molecule has 0 saturated heterocycles. The van der Waals surface area contributed by atoms with E-state index < -0.39 is 93.5 Å². The number of phenols is 2. The van der Waals surface area contributed by atoms with Gasteiger partial charge in [-0.25, -0.2) is 8.78 Å². The predicted molar refractivity (Wildman–Crippen MR) is 537 cm³/mol. The molecule has 142 heavy (non-hydrogen) atoms. The first-order valence-corrected chi connectivity index (χ1v) is 47.1. The van der Waals surface area contributed by atoms with E-state index in [0.29, 0.717) is 97.7 Å². The highest BCUT2D eigenvalue weighted by Crippen LogP contribution is 2.51. The van der Waals surface area contributed by atoms with Gasteiger partial charge in [-0.1, -0.05) is 259 Å². The van der Waals surface area contributed by atoms with E-state index in [1.807, 2.05) is 130 Å². The van der Waals surface area contributed by atoms with Crippen LogP contribution < -0.4 is 24.5 Å². The summed E-state index contributed by atoms with van der Waals surface area (Å²) in [5.74, 6) is -5.27. The zero-order chi connectivity index (χ0) is 101. The number of fused-ring (bicyclic) bond motifs is 5. The number of furan rings is 1. The molecule has 15 aromatic rings. The zero-order valence-electron chi connectivity index (χ0n) is 77.4. The number of phenolic OH excluding ortho intramolecular Hbond substituents is 2. The van der Waals surface area contributed by atoms with Crippen LogP contribution in [-0.2, 0) is 84.7 Å². The minimum Gasteiger partial charge on any atom is -0.507 e. The molecule has 7 heterocycles. The number of aliphatic hydroxyl groups is 5. The molecule has 716 valence electrons. The van der Waals surface area contributed by atoms with Crippen molar-refractivity contribution in [3.63, 3.8) is 0 Å². The van der Waals surface area contributed by atoms with Gasteiger partial charge in [-0.3, -0.25) is 47.9 Å². The Morgan fingerprint density at radius 3 is 1.02 bits per heavy atom. The van der Waals surface area contributed by atoms with Gasteiger partial charge >= 0.3 is 0 Å².